The number of hydrogen-bond donors (Lipinski definition) is 0. The second kappa shape index (κ2) is 4.74. The van der Waals surface area contributed by atoms with Crippen molar-refractivity contribution in [3.8, 4) is 0 Å². The number of likely N-dealkylation sites (N-methyl/N-ethyl adjacent to an activating group) is 1. The van der Waals surface area contributed by atoms with E-state index in [4.69, 9.17) is 11.6 Å². The molecule has 0 fully saturated rings. The fraction of sp³-hybridized carbons (Fsp3) is 0.444. The van der Waals surface area contributed by atoms with E-state index in [1.54, 1.807) is 11.3 Å². The number of halogens is 1. The van der Waals surface area contributed by atoms with E-state index in [9.17, 15) is 0 Å². The Bertz CT molecular complexity index is 296. The Kier molecular flexibility index (Phi) is 3.90. The normalized spacial score (nSPS) is 10.8. The highest BCUT2D eigenvalue weighted by Gasteiger charge is 2.03. The van der Waals surface area contributed by atoms with Crippen molar-refractivity contribution in [1.29, 1.82) is 0 Å². The Balaban J connectivity index is 2.44. The van der Waals surface area contributed by atoms with Crippen LogP contribution in [-0.4, -0.2) is 23.5 Å². The lowest BCUT2D eigenvalue weighted by molar-refractivity contribution is 0.364. The van der Waals surface area contributed by atoms with E-state index in [-0.39, 0.29) is 0 Å². The summed E-state index contributed by atoms with van der Waals surface area (Å²) >= 11 is 7.41. The van der Waals surface area contributed by atoms with Crippen LogP contribution in [0.15, 0.2) is 17.8 Å². The minimum Gasteiger partial charge on any atom is -0.296 e. The predicted molar refractivity (Wildman–Crippen MR) is 58.2 cm³/mol. The highest BCUT2D eigenvalue weighted by Crippen LogP contribution is 2.14. The first-order valence-electron chi connectivity index (χ1n) is 4.01. The van der Waals surface area contributed by atoms with Gasteiger partial charge >= 0.3 is 0 Å². The molecule has 0 aliphatic rings. The molecule has 0 spiro atoms. The van der Waals surface area contributed by atoms with Crippen LogP contribution in [0.25, 0.3) is 0 Å². The van der Waals surface area contributed by atoms with E-state index in [0.717, 1.165) is 18.1 Å². The van der Waals surface area contributed by atoms with Crippen LogP contribution in [0.5, 0.6) is 0 Å². The molecular weight excluding hydrogens is 204 g/mol. The van der Waals surface area contributed by atoms with Crippen LogP contribution < -0.4 is 0 Å². The highest BCUT2D eigenvalue weighted by atomic mass is 35.5. The molecule has 0 amide bonds. The average molecular weight is 217 g/mol. The molecule has 4 heteroatoms. The van der Waals surface area contributed by atoms with Crippen LogP contribution in [0.1, 0.15) is 9.88 Å². The summed E-state index contributed by atoms with van der Waals surface area (Å²) in [6.07, 6.45) is 1.91. The molecule has 1 aromatic heterocycles. The summed E-state index contributed by atoms with van der Waals surface area (Å²) in [7, 11) is 2.02. The molecular formula is C9H13ClN2S. The largest absolute Gasteiger partial charge is 0.296 e. The SMILES string of the molecule is C=C(Cl)CN(C)Cc1cnc(C)s1. The van der Waals surface area contributed by atoms with Crippen LogP contribution in [0.2, 0.25) is 0 Å². The number of aromatic nitrogens is 1. The molecule has 0 atom stereocenters. The summed E-state index contributed by atoms with van der Waals surface area (Å²) < 4.78 is 0. The van der Waals surface area contributed by atoms with Crippen LogP contribution in [-0.2, 0) is 6.54 Å². The summed E-state index contributed by atoms with van der Waals surface area (Å²) in [5.41, 5.74) is 0. The molecule has 2 nitrogen and oxygen atoms in total. The Morgan fingerprint density at radius 1 is 1.77 bits per heavy atom. The second-order valence-electron chi connectivity index (χ2n) is 3.04. The van der Waals surface area contributed by atoms with E-state index in [1.807, 2.05) is 20.2 Å². The summed E-state index contributed by atoms with van der Waals surface area (Å²) in [5.74, 6) is 0. The molecule has 0 unspecified atom stereocenters. The highest BCUT2D eigenvalue weighted by molar-refractivity contribution is 7.11. The summed E-state index contributed by atoms with van der Waals surface area (Å²) in [6, 6.07) is 0. The van der Waals surface area contributed by atoms with E-state index in [1.165, 1.54) is 4.88 Å². The minimum absolute atomic E-state index is 0.670. The Hall–Kier alpha value is -0.380. The van der Waals surface area contributed by atoms with Crippen LogP contribution in [0, 0.1) is 6.92 Å². The standard InChI is InChI=1S/C9H13ClN2S/c1-7(10)5-12(3)6-9-4-11-8(2)13-9/h4H,1,5-6H2,2-3H3. The van der Waals surface area contributed by atoms with E-state index < -0.39 is 0 Å². The second-order valence-corrected chi connectivity index (χ2v) is 4.89. The molecule has 0 N–H and O–H groups in total. The quantitative estimate of drug-likeness (QED) is 0.770. The van der Waals surface area contributed by atoms with Crippen LogP contribution >= 0.6 is 22.9 Å². The summed E-state index contributed by atoms with van der Waals surface area (Å²) in [5, 5.41) is 1.77. The fourth-order valence-electron chi connectivity index (χ4n) is 1.09. The van der Waals surface area contributed by atoms with Crippen molar-refractivity contribution >= 4 is 22.9 Å². The third-order valence-corrected chi connectivity index (χ3v) is 2.55. The Morgan fingerprint density at radius 2 is 2.46 bits per heavy atom. The zero-order valence-electron chi connectivity index (χ0n) is 7.88. The molecule has 0 bridgehead atoms. The molecule has 72 valence electrons. The maximum atomic E-state index is 5.70. The third kappa shape index (κ3) is 3.89. The molecule has 0 radical (unpaired) electrons. The topological polar surface area (TPSA) is 16.1 Å². The Labute approximate surface area is 87.9 Å². The molecule has 1 rings (SSSR count). The van der Waals surface area contributed by atoms with Crippen molar-refractivity contribution in [3.05, 3.63) is 27.7 Å². The smallest absolute Gasteiger partial charge is 0.0897 e. The number of rotatable bonds is 4. The lowest BCUT2D eigenvalue weighted by atomic mass is 10.4. The fourth-order valence-corrected chi connectivity index (χ4v) is 2.17. The van der Waals surface area contributed by atoms with Gasteiger partial charge in [0.05, 0.1) is 5.01 Å². The minimum atomic E-state index is 0.670. The Morgan fingerprint density at radius 3 is 2.92 bits per heavy atom. The van der Waals surface area contributed by atoms with Crippen molar-refractivity contribution in [2.24, 2.45) is 0 Å². The van der Waals surface area contributed by atoms with Crippen LogP contribution in [0.3, 0.4) is 0 Å². The van der Waals surface area contributed by atoms with Gasteiger partial charge in [-0.2, -0.15) is 0 Å². The first-order valence-corrected chi connectivity index (χ1v) is 5.20. The average Bonchev–Trinajstić information content (AvgIpc) is 2.33. The molecule has 0 aromatic carbocycles. The van der Waals surface area contributed by atoms with Crippen molar-refractivity contribution in [2.45, 2.75) is 13.5 Å². The zero-order valence-corrected chi connectivity index (χ0v) is 9.45. The van der Waals surface area contributed by atoms with Gasteiger partial charge in [0.15, 0.2) is 0 Å². The van der Waals surface area contributed by atoms with Gasteiger partial charge in [-0.1, -0.05) is 18.2 Å². The number of nitrogens with zero attached hydrogens (tertiary/aromatic N) is 2. The maximum absolute atomic E-state index is 5.70. The van der Waals surface area contributed by atoms with Crippen molar-refractivity contribution in [3.63, 3.8) is 0 Å². The van der Waals surface area contributed by atoms with Gasteiger partial charge in [-0.15, -0.1) is 11.3 Å². The molecule has 13 heavy (non-hydrogen) atoms. The van der Waals surface area contributed by atoms with Crippen molar-refractivity contribution in [1.82, 2.24) is 9.88 Å². The van der Waals surface area contributed by atoms with Crippen LogP contribution in [0.4, 0.5) is 0 Å². The molecule has 0 aliphatic heterocycles. The van der Waals surface area contributed by atoms with E-state index >= 15 is 0 Å². The monoisotopic (exact) mass is 216 g/mol. The number of hydrogen-bond acceptors (Lipinski definition) is 3. The van der Waals surface area contributed by atoms with Gasteiger partial charge in [0.2, 0.25) is 0 Å². The van der Waals surface area contributed by atoms with Gasteiger partial charge in [-0.3, -0.25) is 4.90 Å². The first kappa shape index (κ1) is 10.7. The molecule has 1 heterocycles. The zero-order chi connectivity index (χ0) is 9.84. The molecule has 0 saturated heterocycles. The third-order valence-electron chi connectivity index (χ3n) is 1.54. The summed E-state index contributed by atoms with van der Waals surface area (Å²) in [6.45, 7) is 7.27. The van der Waals surface area contributed by atoms with Gasteiger partial charge in [-0.25, -0.2) is 4.98 Å². The first-order chi connectivity index (χ1) is 6.08. The number of aryl methyl sites for hydroxylation is 1. The van der Waals surface area contributed by atoms with Gasteiger partial charge in [0, 0.05) is 29.2 Å². The molecule has 0 saturated carbocycles. The van der Waals surface area contributed by atoms with Gasteiger partial charge < -0.3 is 0 Å². The van der Waals surface area contributed by atoms with Gasteiger partial charge in [0.1, 0.15) is 0 Å². The van der Waals surface area contributed by atoms with Gasteiger partial charge in [0.25, 0.3) is 0 Å². The molecule has 1 aromatic rings. The maximum Gasteiger partial charge on any atom is 0.0897 e. The summed E-state index contributed by atoms with van der Waals surface area (Å²) in [4.78, 5) is 7.56. The van der Waals surface area contributed by atoms with Crippen molar-refractivity contribution in [2.75, 3.05) is 13.6 Å². The van der Waals surface area contributed by atoms with Crippen molar-refractivity contribution < 1.29 is 0 Å². The lowest BCUT2D eigenvalue weighted by Gasteiger charge is -2.13. The molecule has 0 aliphatic carbocycles. The van der Waals surface area contributed by atoms with E-state index in [2.05, 4.69) is 16.5 Å². The number of thiazole rings is 1. The van der Waals surface area contributed by atoms with E-state index in [0.29, 0.717) is 5.03 Å². The predicted octanol–water partition coefficient (Wildman–Crippen LogP) is 2.64. The lowest BCUT2D eigenvalue weighted by Crippen LogP contribution is -2.18. The van der Waals surface area contributed by atoms with Gasteiger partial charge in [-0.05, 0) is 14.0 Å².